The molecule has 5 nitrogen and oxygen atoms in total. The first-order chi connectivity index (χ1) is 9.81. The van der Waals surface area contributed by atoms with Gasteiger partial charge in [-0.25, -0.2) is 0 Å². The molecule has 0 aliphatic carbocycles. The molecular weight excluding hydrogens is 446 g/mol. The number of benzene rings is 1. The van der Waals surface area contributed by atoms with Crippen LogP contribution in [0.15, 0.2) is 26.0 Å². The first-order valence-corrected chi connectivity index (χ1v) is 8.01. The molecule has 0 atom stereocenters. The Morgan fingerprint density at radius 2 is 1.81 bits per heavy atom. The van der Waals surface area contributed by atoms with Crippen LogP contribution in [0.4, 0.5) is 0 Å². The van der Waals surface area contributed by atoms with E-state index in [1.165, 1.54) is 16.7 Å². The topological polar surface area (TPSA) is 74.7 Å². The van der Waals surface area contributed by atoms with Crippen molar-refractivity contribution in [1.29, 1.82) is 0 Å². The summed E-state index contributed by atoms with van der Waals surface area (Å²) in [5.74, 6) is 0.0283. The summed E-state index contributed by atoms with van der Waals surface area (Å²) < 4.78 is 1.67. The quantitative estimate of drug-likeness (QED) is 0.521. The highest BCUT2D eigenvalue weighted by Gasteiger charge is 2.28. The number of carbonyl (C=O) groups is 1. The van der Waals surface area contributed by atoms with Crippen LogP contribution in [0.3, 0.4) is 0 Å². The van der Waals surface area contributed by atoms with Crippen LogP contribution >= 0.6 is 55.8 Å². The van der Waals surface area contributed by atoms with Crippen molar-refractivity contribution < 1.29 is 19.5 Å². The van der Waals surface area contributed by atoms with Gasteiger partial charge >= 0.3 is 6.15 Å². The van der Waals surface area contributed by atoms with E-state index < -0.39 is 0 Å². The van der Waals surface area contributed by atoms with Crippen LogP contribution in [-0.2, 0) is 14.4 Å². The molecule has 1 heterocycles. The molecule has 1 amide bonds. The third-order valence-electron chi connectivity index (χ3n) is 2.32. The van der Waals surface area contributed by atoms with Crippen LogP contribution in [0, 0.1) is 0 Å². The van der Waals surface area contributed by atoms with Gasteiger partial charge in [-0.1, -0.05) is 24.0 Å². The highest BCUT2D eigenvalue weighted by molar-refractivity contribution is 9.11. The molecule has 1 saturated heterocycles. The molecule has 0 bridgehead atoms. The predicted octanol–water partition coefficient (Wildman–Crippen LogP) is 3.16. The Labute approximate surface area is 146 Å². The Hall–Kier alpha value is -0.990. The molecule has 1 N–H and O–H groups in total. The lowest BCUT2D eigenvalue weighted by Crippen LogP contribution is -2.22. The molecule has 0 radical (unpaired) electrons. The Morgan fingerprint density at radius 3 is 2.19 bits per heavy atom. The summed E-state index contributed by atoms with van der Waals surface area (Å²) >= 11 is 12.8. The van der Waals surface area contributed by atoms with E-state index in [9.17, 15) is 9.90 Å². The van der Waals surface area contributed by atoms with Crippen LogP contribution in [0.2, 0.25) is 0 Å². The van der Waals surface area contributed by atoms with Gasteiger partial charge < -0.3 is 5.11 Å². The summed E-state index contributed by atoms with van der Waals surface area (Å²) in [5.41, 5.74) is 0.806. The van der Waals surface area contributed by atoms with Crippen LogP contribution in [-0.4, -0.2) is 33.4 Å². The lowest BCUT2D eigenvalue weighted by molar-refractivity contribution is -0.191. The second-order valence-corrected chi connectivity index (χ2v) is 7.04. The zero-order valence-electron chi connectivity index (χ0n) is 10.4. The highest BCUT2D eigenvalue weighted by atomic mass is 79.9. The van der Waals surface area contributed by atoms with Crippen molar-refractivity contribution in [2.45, 2.75) is 0 Å². The highest BCUT2D eigenvalue weighted by Crippen LogP contribution is 2.36. The number of rotatable bonds is 1. The van der Waals surface area contributed by atoms with Crippen LogP contribution in [0.5, 0.6) is 5.75 Å². The summed E-state index contributed by atoms with van der Waals surface area (Å²) in [6.07, 6.45) is 2.00. The number of likely N-dealkylation sites (N-methyl/N-ethyl adjacent to an activating group) is 1. The van der Waals surface area contributed by atoms with Crippen molar-refractivity contribution in [2.75, 3.05) is 7.05 Å². The van der Waals surface area contributed by atoms with Crippen molar-refractivity contribution >= 4 is 78.3 Å². The number of aromatic hydroxyl groups is 1. The molecule has 1 aliphatic heterocycles. The van der Waals surface area contributed by atoms with Gasteiger partial charge in [0, 0.05) is 7.05 Å². The number of halogens is 2. The second-order valence-electron chi connectivity index (χ2n) is 3.66. The molecule has 1 aliphatic rings. The number of carbonyl (C=O) groups excluding carboxylic acids is 3. The fraction of sp³-hybridized carbons (Fsp3) is 0.0833. The third kappa shape index (κ3) is 4.49. The Morgan fingerprint density at radius 1 is 1.33 bits per heavy atom. The number of thiocarbonyl (C=S) groups is 1. The Balaban J connectivity index is 0.000000677. The lowest BCUT2D eigenvalue weighted by atomic mass is 10.2. The Bertz CT molecular complexity index is 646. The molecule has 110 valence electrons. The van der Waals surface area contributed by atoms with E-state index in [0.717, 1.165) is 5.56 Å². The maximum Gasteiger partial charge on any atom is 0.373 e. The summed E-state index contributed by atoms with van der Waals surface area (Å²) in [6.45, 7) is 0. The van der Waals surface area contributed by atoms with Gasteiger partial charge in [0.2, 0.25) is 0 Å². The minimum atomic E-state index is -0.106. The van der Waals surface area contributed by atoms with Crippen LogP contribution in [0.25, 0.3) is 6.08 Å². The van der Waals surface area contributed by atoms with E-state index in [4.69, 9.17) is 21.8 Å². The minimum Gasteiger partial charge on any atom is -0.506 e. The average molecular weight is 453 g/mol. The number of hydrogen-bond donors (Lipinski definition) is 1. The van der Waals surface area contributed by atoms with Crippen molar-refractivity contribution in [1.82, 2.24) is 4.90 Å². The zero-order valence-corrected chi connectivity index (χ0v) is 15.2. The van der Waals surface area contributed by atoms with Crippen LogP contribution < -0.4 is 0 Å². The summed E-state index contributed by atoms with van der Waals surface area (Å²) in [4.78, 5) is 30.1. The monoisotopic (exact) mass is 451 g/mol. The first-order valence-electron chi connectivity index (χ1n) is 5.20. The van der Waals surface area contributed by atoms with Crippen molar-refractivity contribution in [3.05, 3.63) is 31.5 Å². The fourth-order valence-corrected chi connectivity index (χ4v) is 3.77. The summed E-state index contributed by atoms with van der Waals surface area (Å²) in [7, 11) is 1.65. The SMILES string of the molecule is CN1C(=O)/C(=C/c2cc(Br)c(O)c(Br)c2)SC1=S.O=C=O. The molecule has 0 spiro atoms. The van der Waals surface area contributed by atoms with Crippen molar-refractivity contribution in [3.63, 3.8) is 0 Å². The zero-order chi connectivity index (χ0) is 16.2. The van der Waals surface area contributed by atoms with E-state index in [2.05, 4.69) is 31.9 Å². The van der Waals surface area contributed by atoms with Crippen molar-refractivity contribution in [3.8, 4) is 5.75 Å². The number of phenols is 1. The Kier molecular flexibility index (Phi) is 6.76. The number of thioether (sulfide) groups is 1. The minimum absolute atomic E-state index is 0.106. The predicted molar refractivity (Wildman–Crippen MR) is 89.4 cm³/mol. The van der Waals surface area contributed by atoms with Gasteiger partial charge in [0.15, 0.2) is 0 Å². The van der Waals surface area contributed by atoms with E-state index >= 15 is 0 Å². The standard InChI is InChI=1S/C11H7Br2NO2S2.CO2/c1-14-10(16)8(18-11(14)17)4-5-2-6(12)9(15)7(13)3-5;2-1-3/h2-4,15H,1H3;/b8-4-;. The lowest BCUT2D eigenvalue weighted by Gasteiger charge is -2.04. The summed E-state index contributed by atoms with van der Waals surface area (Å²) in [5, 5.41) is 9.61. The van der Waals surface area contributed by atoms with E-state index in [1.807, 2.05) is 0 Å². The van der Waals surface area contributed by atoms with Gasteiger partial charge in [-0.15, -0.1) is 0 Å². The first kappa shape index (κ1) is 18.1. The molecule has 9 heteroatoms. The number of amides is 1. The van der Waals surface area contributed by atoms with Gasteiger partial charge in [0.25, 0.3) is 5.91 Å². The average Bonchev–Trinajstić information content (AvgIpc) is 2.64. The number of hydrogen-bond acceptors (Lipinski definition) is 6. The van der Waals surface area contributed by atoms with Crippen LogP contribution in [0.1, 0.15) is 5.56 Å². The normalized spacial score (nSPS) is 15.8. The van der Waals surface area contributed by atoms with Gasteiger partial charge in [0.1, 0.15) is 10.1 Å². The molecule has 0 aromatic heterocycles. The number of phenolic OH excluding ortho intramolecular Hbond substituents is 1. The fourth-order valence-electron chi connectivity index (χ4n) is 1.37. The molecule has 0 unspecified atom stereocenters. The molecule has 1 aromatic carbocycles. The molecule has 21 heavy (non-hydrogen) atoms. The van der Waals surface area contributed by atoms with E-state index in [0.29, 0.717) is 18.2 Å². The second kappa shape index (κ2) is 7.86. The molecule has 0 saturated carbocycles. The molecule has 2 rings (SSSR count). The largest absolute Gasteiger partial charge is 0.506 e. The maximum absolute atomic E-state index is 11.8. The summed E-state index contributed by atoms with van der Waals surface area (Å²) in [6, 6.07) is 3.48. The maximum atomic E-state index is 11.8. The molecule has 1 aromatic rings. The smallest absolute Gasteiger partial charge is 0.373 e. The molecule has 1 fully saturated rings. The van der Waals surface area contributed by atoms with E-state index in [1.54, 1.807) is 25.3 Å². The van der Waals surface area contributed by atoms with Gasteiger partial charge in [-0.3, -0.25) is 9.69 Å². The number of nitrogens with zero attached hydrogens (tertiary/aromatic N) is 1. The van der Waals surface area contributed by atoms with Gasteiger partial charge in [-0.2, -0.15) is 9.59 Å². The van der Waals surface area contributed by atoms with E-state index in [-0.39, 0.29) is 17.8 Å². The molecular formula is C12H7Br2NO4S2. The van der Waals surface area contributed by atoms with Gasteiger partial charge in [-0.05, 0) is 55.6 Å². The van der Waals surface area contributed by atoms with Gasteiger partial charge in [0.05, 0.1) is 13.9 Å². The third-order valence-corrected chi connectivity index (χ3v) is 5.02. The van der Waals surface area contributed by atoms with Crippen molar-refractivity contribution in [2.24, 2.45) is 0 Å².